The second kappa shape index (κ2) is 11.7. The lowest BCUT2D eigenvalue weighted by molar-refractivity contribution is -0.145. The van der Waals surface area contributed by atoms with Crippen molar-refractivity contribution in [2.75, 3.05) is 12.3 Å². The summed E-state index contributed by atoms with van der Waals surface area (Å²) in [5.41, 5.74) is 5.80. The Kier molecular flexibility index (Phi) is 10.1. The summed E-state index contributed by atoms with van der Waals surface area (Å²) in [5.74, 6) is -4.37. The molecule has 1 aliphatic rings. The normalized spacial score (nSPS) is 19.1. The molecule has 0 bridgehead atoms. The van der Waals surface area contributed by atoms with Gasteiger partial charge in [0.05, 0.1) is 6.04 Å². The maximum Gasteiger partial charge on any atom is 0.326 e. The summed E-state index contributed by atoms with van der Waals surface area (Å²) in [7, 11) is 0. The third kappa shape index (κ3) is 7.17. The number of thiol groups is 1. The van der Waals surface area contributed by atoms with Crippen LogP contribution in [0.4, 0.5) is 0 Å². The molecule has 0 spiro atoms. The van der Waals surface area contributed by atoms with E-state index < -0.39 is 60.2 Å². The molecule has 0 aliphatic carbocycles. The predicted octanol–water partition coefficient (Wildman–Crippen LogP) is -1.19. The minimum Gasteiger partial charge on any atom is -0.481 e. The monoisotopic (exact) mass is 446 g/mol. The minimum atomic E-state index is -1.38. The van der Waals surface area contributed by atoms with Crippen LogP contribution in [0.15, 0.2) is 0 Å². The number of carboxylic acids is 2. The lowest BCUT2D eigenvalue weighted by atomic mass is 10.0. The first-order valence-electron chi connectivity index (χ1n) is 9.71. The first kappa shape index (κ1) is 25.7. The van der Waals surface area contributed by atoms with E-state index in [0.29, 0.717) is 12.8 Å². The first-order valence-corrected chi connectivity index (χ1v) is 10.3. The van der Waals surface area contributed by atoms with Crippen LogP contribution in [0.3, 0.4) is 0 Å². The second-order valence-corrected chi connectivity index (χ2v) is 7.90. The maximum absolute atomic E-state index is 12.9. The first-order chi connectivity index (χ1) is 14.0. The van der Waals surface area contributed by atoms with E-state index in [1.54, 1.807) is 13.8 Å². The van der Waals surface area contributed by atoms with E-state index in [1.165, 1.54) is 4.90 Å². The van der Waals surface area contributed by atoms with Gasteiger partial charge in [0.25, 0.3) is 0 Å². The quantitative estimate of drug-likeness (QED) is 0.214. The summed E-state index contributed by atoms with van der Waals surface area (Å²) >= 11 is 4.12. The fourth-order valence-corrected chi connectivity index (χ4v) is 3.30. The Morgan fingerprint density at radius 3 is 2.27 bits per heavy atom. The van der Waals surface area contributed by atoms with E-state index in [-0.39, 0.29) is 24.6 Å². The van der Waals surface area contributed by atoms with Gasteiger partial charge in [-0.25, -0.2) is 4.79 Å². The van der Waals surface area contributed by atoms with Crippen molar-refractivity contribution in [2.45, 2.75) is 63.7 Å². The number of likely N-dealkylation sites (tertiary alicyclic amines) is 1. The van der Waals surface area contributed by atoms with Gasteiger partial charge in [0.15, 0.2) is 0 Å². The van der Waals surface area contributed by atoms with Crippen LogP contribution in [0.5, 0.6) is 0 Å². The van der Waals surface area contributed by atoms with Gasteiger partial charge in [-0.05, 0) is 25.2 Å². The summed E-state index contributed by atoms with van der Waals surface area (Å²) in [6.07, 6.45) is 0.144. The Morgan fingerprint density at radius 1 is 1.13 bits per heavy atom. The van der Waals surface area contributed by atoms with Gasteiger partial charge in [-0.15, -0.1) is 0 Å². The number of nitrogens with two attached hydrogens (primary N) is 1. The lowest BCUT2D eigenvalue weighted by Gasteiger charge is -2.29. The molecule has 3 amide bonds. The number of carbonyl (C=O) groups excluding carboxylic acids is 3. The molecule has 12 heteroatoms. The molecule has 1 fully saturated rings. The molecule has 30 heavy (non-hydrogen) atoms. The molecule has 0 saturated carbocycles. The number of carbonyl (C=O) groups is 5. The number of nitrogens with zero attached hydrogens (tertiary/aromatic N) is 1. The fraction of sp³-hybridized carbons (Fsp3) is 0.722. The van der Waals surface area contributed by atoms with E-state index in [0.717, 1.165) is 0 Å². The van der Waals surface area contributed by atoms with E-state index >= 15 is 0 Å². The van der Waals surface area contributed by atoms with Crippen LogP contribution in [0.25, 0.3) is 0 Å². The molecular formula is C18H30N4O7S. The van der Waals surface area contributed by atoms with Gasteiger partial charge in [-0.2, -0.15) is 12.6 Å². The van der Waals surface area contributed by atoms with Crippen molar-refractivity contribution in [1.29, 1.82) is 0 Å². The third-order valence-electron chi connectivity index (χ3n) is 4.92. The molecule has 1 aliphatic heterocycles. The molecule has 1 saturated heterocycles. The number of hydrogen-bond donors (Lipinski definition) is 6. The van der Waals surface area contributed by atoms with Crippen molar-refractivity contribution in [3.05, 3.63) is 0 Å². The minimum absolute atomic E-state index is 0.00338. The Bertz CT molecular complexity index is 673. The van der Waals surface area contributed by atoms with E-state index in [2.05, 4.69) is 23.3 Å². The van der Waals surface area contributed by atoms with Crippen molar-refractivity contribution < 1.29 is 34.2 Å². The van der Waals surface area contributed by atoms with Gasteiger partial charge in [-0.1, -0.05) is 13.8 Å². The highest BCUT2D eigenvalue weighted by atomic mass is 32.1. The molecule has 0 aromatic carbocycles. The lowest BCUT2D eigenvalue weighted by Crippen LogP contribution is -2.57. The van der Waals surface area contributed by atoms with Crippen molar-refractivity contribution in [1.82, 2.24) is 15.5 Å². The third-order valence-corrected chi connectivity index (χ3v) is 5.28. The molecule has 4 unspecified atom stereocenters. The van der Waals surface area contributed by atoms with Crippen LogP contribution in [0.2, 0.25) is 0 Å². The van der Waals surface area contributed by atoms with Crippen molar-refractivity contribution in [3.8, 4) is 0 Å². The fourth-order valence-electron chi connectivity index (χ4n) is 3.05. The zero-order valence-electron chi connectivity index (χ0n) is 17.0. The van der Waals surface area contributed by atoms with Gasteiger partial charge in [0, 0.05) is 18.7 Å². The second-order valence-electron chi connectivity index (χ2n) is 7.54. The van der Waals surface area contributed by atoms with Gasteiger partial charge in [-0.3, -0.25) is 19.2 Å². The molecule has 170 valence electrons. The van der Waals surface area contributed by atoms with E-state index in [1.807, 2.05) is 0 Å². The molecule has 0 aromatic rings. The number of amides is 3. The number of aliphatic carboxylic acids is 2. The molecule has 0 radical (unpaired) electrons. The van der Waals surface area contributed by atoms with E-state index in [9.17, 15) is 29.1 Å². The Morgan fingerprint density at radius 2 is 1.77 bits per heavy atom. The van der Waals surface area contributed by atoms with Gasteiger partial charge in [0.2, 0.25) is 17.7 Å². The maximum atomic E-state index is 12.9. The zero-order chi connectivity index (χ0) is 23.0. The molecule has 11 nitrogen and oxygen atoms in total. The Labute approximate surface area is 180 Å². The SMILES string of the molecule is CC(C)C(N)C(=O)NC(CS)C(=O)N1CCCC1C(=O)NC(CCC(=O)O)C(=O)O. The van der Waals surface area contributed by atoms with E-state index in [4.69, 9.17) is 10.8 Å². The zero-order valence-corrected chi connectivity index (χ0v) is 17.9. The molecule has 4 atom stereocenters. The van der Waals surface area contributed by atoms with Crippen LogP contribution >= 0.6 is 12.6 Å². The van der Waals surface area contributed by atoms with Gasteiger partial charge < -0.3 is 31.5 Å². The highest BCUT2D eigenvalue weighted by molar-refractivity contribution is 7.80. The number of hydrogen-bond acceptors (Lipinski definition) is 7. The summed E-state index contributed by atoms with van der Waals surface area (Å²) in [6, 6.07) is -4.08. The number of rotatable bonds is 11. The predicted molar refractivity (Wildman–Crippen MR) is 110 cm³/mol. The highest BCUT2D eigenvalue weighted by Gasteiger charge is 2.38. The summed E-state index contributed by atoms with van der Waals surface area (Å²) in [6.45, 7) is 3.80. The standard InChI is InChI=1S/C18H30N4O7S/c1-9(2)14(19)16(26)21-11(8-30)17(27)22-7-3-4-12(22)15(25)20-10(18(28)29)5-6-13(23)24/h9-12,14,30H,3-8,19H2,1-2H3,(H,20,25)(H,21,26)(H,23,24)(H,28,29). The van der Waals surface area contributed by atoms with Crippen LogP contribution in [0, 0.1) is 5.92 Å². The van der Waals surface area contributed by atoms with Gasteiger partial charge in [0.1, 0.15) is 18.1 Å². The average Bonchev–Trinajstić information content (AvgIpc) is 3.17. The molecule has 1 heterocycles. The van der Waals surface area contributed by atoms with Crippen molar-refractivity contribution in [3.63, 3.8) is 0 Å². The Balaban J connectivity index is 2.83. The average molecular weight is 447 g/mol. The topological polar surface area (TPSA) is 179 Å². The molecular weight excluding hydrogens is 416 g/mol. The number of nitrogens with one attached hydrogen (secondary N) is 2. The largest absolute Gasteiger partial charge is 0.481 e. The van der Waals surface area contributed by atoms with Crippen LogP contribution < -0.4 is 16.4 Å². The smallest absolute Gasteiger partial charge is 0.326 e. The van der Waals surface area contributed by atoms with Crippen molar-refractivity contribution >= 4 is 42.3 Å². The molecule has 6 N–H and O–H groups in total. The van der Waals surface area contributed by atoms with Crippen LogP contribution in [-0.4, -0.2) is 81.2 Å². The Hall–Kier alpha value is -2.34. The van der Waals surface area contributed by atoms with Crippen LogP contribution in [0.1, 0.15) is 39.5 Å². The van der Waals surface area contributed by atoms with Gasteiger partial charge >= 0.3 is 11.9 Å². The molecule has 1 rings (SSSR count). The van der Waals surface area contributed by atoms with Crippen LogP contribution in [-0.2, 0) is 24.0 Å². The highest BCUT2D eigenvalue weighted by Crippen LogP contribution is 2.19. The summed E-state index contributed by atoms with van der Waals surface area (Å²) < 4.78 is 0. The summed E-state index contributed by atoms with van der Waals surface area (Å²) in [4.78, 5) is 61.0. The molecule has 0 aromatic heterocycles. The van der Waals surface area contributed by atoms with Crippen molar-refractivity contribution in [2.24, 2.45) is 11.7 Å². The summed E-state index contributed by atoms with van der Waals surface area (Å²) in [5, 5.41) is 22.8. The number of carboxylic acid groups (broad SMARTS) is 2.